The van der Waals surface area contributed by atoms with Crippen molar-refractivity contribution in [3.63, 3.8) is 0 Å². The minimum atomic E-state index is -2.18. The summed E-state index contributed by atoms with van der Waals surface area (Å²) in [5.41, 5.74) is 10.6. The van der Waals surface area contributed by atoms with Crippen LogP contribution in [0, 0.1) is 25.8 Å². The average Bonchev–Trinajstić information content (AvgIpc) is 3.65. The first-order valence-corrected chi connectivity index (χ1v) is 19.0. The van der Waals surface area contributed by atoms with Gasteiger partial charge in [-0.05, 0) is 77.5 Å². The average molecular weight is 943 g/mol. The van der Waals surface area contributed by atoms with E-state index in [0.717, 1.165) is 56.7 Å². The number of para-hydroxylation sites is 5. The molecule has 3 aliphatic rings. The van der Waals surface area contributed by atoms with Crippen LogP contribution < -0.4 is 19.1 Å². The third kappa shape index (κ3) is 6.15. The summed E-state index contributed by atoms with van der Waals surface area (Å²) in [6.45, 7) is 4.65. The Balaban J connectivity index is 0.000000209. The van der Waals surface area contributed by atoms with Crippen LogP contribution in [0.2, 0.25) is 0 Å². The molecule has 5 heterocycles. The number of rotatable bonds is 5. The van der Waals surface area contributed by atoms with E-state index < -0.39 is 13.7 Å². The van der Waals surface area contributed by atoms with E-state index in [2.05, 4.69) is 90.7 Å². The second-order valence-corrected chi connectivity index (χ2v) is 14.8. The molecule has 0 aliphatic carbocycles. The SMILES string of the molecule is CC(C)c1cccc(C(C)C)c1-n1c(-c2[c-]c3c4c(c2)Oc2cccc5c2N4c2c(cccc2O5)O3)nc2ccccc21.[2H]C([2H])([2H])c1c[c-]c(-c2ccc(C([2H])([2H])[2H])cn2)cc1.[Ir]. The number of ether oxygens (including phenoxy) is 3. The van der Waals surface area contributed by atoms with Crippen molar-refractivity contribution in [3.8, 4) is 62.8 Å². The fraction of sp³-hybridized carbons (Fsp3) is 0.160. The number of hydrogen-bond donors (Lipinski definition) is 0. The largest absolute Gasteiger partial charge is 0.472 e. The number of nitrogens with zero attached hydrogens (tertiary/aromatic N) is 4. The van der Waals surface area contributed by atoms with Gasteiger partial charge < -0.3 is 28.7 Å². The number of benzene rings is 6. The summed E-state index contributed by atoms with van der Waals surface area (Å²) in [5, 5.41) is 0. The van der Waals surface area contributed by atoms with E-state index in [1.165, 1.54) is 41.2 Å². The van der Waals surface area contributed by atoms with E-state index in [-0.39, 0.29) is 31.2 Å². The van der Waals surface area contributed by atoms with Crippen molar-refractivity contribution < 1.29 is 42.5 Å². The molecule has 0 fully saturated rings. The topological polar surface area (TPSA) is 61.6 Å². The number of anilines is 3. The number of pyridine rings is 1. The fourth-order valence-corrected chi connectivity index (χ4v) is 7.81. The van der Waals surface area contributed by atoms with E-state index in [4.69, 9.17) is 27.4 Å². The molecule has 0 saturated carbocycles. The minimum Gasteiger partial charge on any atom is -0.472 e. The molecule has 0 atom stereocenters. The van der Waals surface area contributed by atoms with E-state index in [0.29, 0.717) is 40.3 Å². The van der Waals surface area contributed by atoms with Crippen LogP contribution in [0.5, 0.6) is 34.5 Å². The summed E-state index contributed by atoms with van der Waals surface area (Å²) in [6, 6.07) is 42.9. The molecule has 3 aliphatic heterocycles. The van der Waals surface area contributed by atoms with Crippen LogP contribution in [0.25, 0.3) is 39.4 Å². The molecular formula is C50H40IrN4O3-2. The van der Waals surface area contributed by atoms with Gasteiger partial charge in [-0.1, -0.05) is 101 Å². The van der Waals surface area contributed by atoms with Gasteiger partial charge in [0, 0.05) is 45.9 Å². The maximum atomic E-state index is 7.28. The molecule has 8 heteroatoms. The Morgan fingerprint density at radius 2 is 1.26 bits per heavy atom. The molecule has 1 radical (unpaired) electrons. The molecule has 0 saturated heterocycles. The maximum absolute atomic E-state index is 7.28. The van der Waals surface area contributed by atoms with Gasteiger partial charge in [0.1, 0.15) is 11.4 Å². The van der Waals surface area contributed by atoms with Crippen LogP contribution in [0.3, 0.4) is 0 Å². The molecule has 0 amide bonds. The molecule has 0 bridgehead atoms. The van der Waals surface area contributed by atoms with Crippen molar-refractivity contribution in [3.05, 3.63) is 156 Å². The predicted molar refractivity (Wildman–Crippen MR) is 226 cm³/mol. The van der Waals surface area contributed by atoms with E-state index >= 15 is 0 Å². The summed E-state index contributed by atoms with van der Waals surface area (Å²) in [5.74, 6) is 5.67. The summed E-state index contributed by atoms with van der Waals surface area (Å²) >= 11 is 0. The zero-order valence-electron chi connectivity index (χ0n) is 38.0. The first kappa shape index (κ1) is 30.9. The first-order chi connectivity index (χ1) is 30.2. The Morgan fingerprint density at radius 1 is 0.621 bits per heavy atom. The van der Waals surface area contributed by atoms with Gasteiger partial charge in [-0.15, -0.1) is 41.0 Å². The molecule has 58 heavy (non-hydrogen) atoms. The third-order valence-corrected chi connectivity index (χ3v) is 10.4. The predicted octanol–water partition coefficient (Wildman–Crippen LogP) is 13.7. The number of hydrogen-bond acceptors (Lipinski definition) is 6. The van der Waals surface area contributed by atoms with Crippen molar-refractivity contribution in [1.29, 1.82) is 0 Å². The Morgan fingerprint density at radius 3 is 1.88 bits per heavy atom. The molecule has 11 rings (SSSR count). The summed E-state index contributed by atoms with van der Waals surface area (Å²) < 4.78 is 65.4. The minimum absolute atomic E-state index is 0. The van der Waals surface area contributed by atoms with Gasteiger partial charge in [0.25, 0.3) is 0 Å². The maximum Gasteiger partial charge on any atom is 0.154 e. The van der Waals surface area contributed by atoms with Gasteiger partial charge in [-0.2, -0.15) is 0 Å². The molecular weight excluding hydrogens is 897 g/mol. The van der Waals surface area contributed by atoms with E-state index in [1.807, 2.05) is 48.5 Å². The molecule has 2 aromatic heterocycles. The van der Waals surface area contributed by atoms with Gasteiger partial charge in [0.05, 0.1) is 28.4 Å². The van der Waals surface area contributed by atoms with Gasteiger partial charge in [-0.25, -0.2) is 0 Å². The van der Waals surface area contributed by atoms with E-state index in [9.17, 15) is 0 Å². The zero-order valence-corrected chi connectivity index (χ0v) is 34.4. The second kappa shape index (κ2) is 14.6. The number of fused-ring (bicyclic) bond motifs is 1. The first-order valence-electron chi connectivity index (χ1n) is 22.0. The van der Waals surface area contributed by atoms with Crippen LogP contribution in [0.15, 0.2) is 121 Å². The van der Waals surface area contributed by atoms with Gasteiger partial charge in [0.2, 0.25) is 0 Å². The summed E-state index contributed by atoms with van der Waals surface area (Å²) in [7, 11) is 0. The molecule has 0 unspecified atom stereocenters. The van der Waals surface area contributed by atoms with Crippen molar-refractivity contribution in [1.82, 2.24) is 14.5 Å². The normalized spacial score (nSPS) is 14.5. The number of aromatic nitrogens is 3. The van der Waals surface area contributed by atoms with Crippen LogP contribution in [0.1, 0.15) is 70.0 Å². The van der Waals surface area contributed by atoms with Gasteiger partial charge in [-0.3, -0.25) is 4.98 Å². The monoisotopic (exact) mass is 943 g/mol. The Bertz CT molecular complexity index is 2930. The Hall–Kier alpha value is -6.21. The number of imidazole rings is 1. The van der Waals surface area contributed by atoms with Crippen molar-refractivity contribution >= 4 is 28.1 Å². The Labute approximate surface area is 360 Å². The molecule has 8 aromatic rings. The number of aryl methyl sites for hydroxylation is 2. The second-order valence-electron chi connectivity index (χ2n) is 14.8. The smallest absolute Gasteiger partial charge is 0.154 e. The molecule has 0 spiro atoms. The van der Waals surface area contributed by atoms with Crippen molar-refractivity contribution in [2.24, 2.45) is 0 Å². The molecule has 7 nitrogen and oxygen atoms in total. The summed E-state index contributed by atoms with van der Waals surface area (Å²) in [4.78, 5) is 11.5. The van der Waals surface area contributed by atoms with Crippen LogP contribution in [0.4, 0.5) is 17.1 Å². The quantitative estimate of drug-likeness (QED) is 0.160. The summed E-state index contributed by atoms with van der Waals surface area (Å²) in [6.07, 6.45) is 1.30. The van der Waals surface area contributed by atoms with Gasteiger partial charge >= 0.3 is 0 Å². The van der Waals surface area contributed by atoms with Gasteiger partial charge in [0.15, 0.2) is 23.0 Å². The van der Waals surface area contributed by atoms with Crippen LogP contribution >= 0.6 is 0 Å². The molecule has 0 N–H and O–H groups in total. The third-order valence-electron chi connectivity index (χ3n) is 10.4. The molecule has 6 aromatic carbocycles. The standard InChI is InChI=1S/C37H28N3O3.C13H12N.Ir/c1-20(2)23-10-7-11-24(21(3)4)33(23)39-26-13-6-5-12-25(26)38-37(39)22-18-31-36-32(19-22)43-30-17-9-15-28-35(30)40(36)34-27(41-28)14-8-16-29(34)42-31;1-10-3-6-12(7-4-10)13-8-5-11(2)9-14-13;/h5-18,20-21H,1-4H3;3-6,8-9H,1-2H3;/q2*-1;/i;1D3,2D3;. The zero-order chi connectivity index (χ0) is 43.9. The molecule has 289 valence electrons. The van der Waals surface area contributed by atoms with E-state index in [1.54, 1.807) is 12.1 Å². The van der Waals surface area contributed by atoms with Crippen LogP contribution in [-0.4, -0.2) is 14.5 Å². The van der Waals surface area contributed by atoms with Crippen molar-refractivity contribution in [2.75, 3.05) is 4.90 Å². The fourth-order valence-electron chi connectivity index (χ4n) is 7.81. The van der Waals surface area contributed by atoms with Crippen LogP contribution in [-0.2, 0) is 20.1 Å². The van der Waals surface area contributed by atoms with Crippen molar-refractivity contribution in [2.45, 2.75) is 53.2 Å². The Kier molecular flexibility index (Phi) is 7.78.